The normalized spacial score (nSPS) is 10.8. The fourth-order valence-corrected chi connectivity index (χ4v) is 3.77. The predicted molar refractivity (Wildman–Crippen MR) is 113 cm³/mol. The van der Waals surface area contributed by atoms with Crippen molar-refractivity contribution in [2.45, 2.75) is 38.9 Å². The molecule has 0 N–H and O–H groups in total. The number of nitrogens with zero attached hydrogens (tertiary/aromatic N) is 3. The van der Waals surface area contributed by atoms with Gasteiger partial charge in [-0.3, -0.25) is 4.79 Å². The Hall–Kier alpha value is -2.60. The second-order valence-electron chi connectivity index (χ2n) is 6.58. The maximum atomic E-state index is 11.7. The van der Waals surface area contributed by atoms with Crippen molar-refractivity contribution in [3.63, 3.8) is 0 Å². The summed E-state index contributed by atoms with van der Waals surface area (Å²) in [5.41, 5.74) is 2.90. The zero-order valence-corrected chi connectivity index (χ0v) is 17.3. The Balaban J connectivity index is 1.67. The van der Waals surface area contributed by atoms with E-state index in [1.54, 1.807) is 24.8 Å². The Labute approximate surface area is 170 Å². The number of aromatic nitrogens is 3. The maximum Gasteiger partial charge on any atom is 0.191 e. The lowest BCUT2D eigenvalue weighted by Gasteiger charge is -2.11. The third-order valence-electron chi connectivity index (χ3n) is 4.28. The van der Waals surface area contributed by atoms with E-state index in [4.69, 9.17) is 4.74 Å². The molecular formula is C22H25N3O2S. The summed E-state index contributed by atoms with van der Waals surface area (Å²) in [4.78, 5) is 11.7. The smallest absolute Gasteiger partial charge is 0.191 e. The number of benzene rings is 2. The van der Waals surface area contributed by atoms with Crippen LogP contribution in [0.5, 0.6) is 5.75 Å². The summed E-state index contributed by atoms with van der Waals surface area (Å²) in [6, 6.07) is 15.7. The van der Waals surface area contributed by atoms with Gasteiger partial charge < -0.3 is 9.30 Å². The third kappa shape index (κ3) is 4.81. The van der Waals surface area contributed by atoms with Crippen LogP contribution in [0.3, 0.4) is 0 Å². The molecule has 0 bridgehead atoms. The quantitative estimate of drug-likeness (QED) is 0.289. The van der Waals surface area contributed by atoms with Crippen LogP contribution in [0.2, 0.25) is 0 Å². The Morgan fingerprint density at radius 2 is 1.96 bits per heavy atom. The average Bonchev–Trinajstić information content (AvgIpc) is 3.08. The van der Waals surface area contributed by atoms with Crippen molar-refractivity contribution in [1.82, 2.24) is 14.8 Å². The summed E-state index contributed by atoms with van der Waals surface area (Å²) in [5, 5.41) is 9.71. The van der Waals surface area contributed by atoms with Crippen LogP contribution < -0.4 is 4.74 Å². The first-order valence-electron chi connectivity index (χ1n) is 9.46. The molecule has 0 saturated heterocycles. The van der Waals surface area contributed by atoms with Crippen LogP contribution in [0, 0.1) is 6.92 Å². The molecule has 3 aromatic rings. The van der Waals surface area contributed by atoms with Crippen molar-refractivity contribution in [1.29, 1.82) is 0 Å². The Morgan fingerprint density at radius 1 is 1.14 bits per heavy atom. The number of Topliss-reactive ketones (excluding diaryl/α,β-unsaturated/α-hetero) is 1. The van der Waals surface area contributed by atoms with Gasteiger partial charge >= 0.3 is 0 Å². The van der Waals surface area contributed by atoms with E-state index in [2.05, 4.69) is 46.8 Å². The molecule has 0 fully saturated rings. The zero-order valence-electron chi connectivity index (χ0n) is 16.5. The van der Waals surface area contributed by atoms with Gasteiger partial charge in [-0.25, -0.2) is 0 Å². The van der Waals surface area contributed by atoms with Crippen molar-refractivity contribution in [3.05, 3.63) is 59.7 Å². The Morgan fingerprint density at radius 3 is 2.71 bits per heavy atom. The van der Waals surface area contributed by atoms with Crippen molar-refractivity contribution < 1.29 is 9.53 Å². The number of hydrogen-bond donors (Lipinski definition) is 0. The molecule has 0 aliphatic rings. The number of thioether (sulfide) groups is 1. The summed E-state index contributed by atoms with van der Waals surface area (Å²) >= 11 is 1.62. The molecule has 6 heteroatoms. The van der Waals surface area contributed by atoms with Gasteiger partial charge in [0.05, 0.1) is 12.2 Å². The lowest BCUT2D eigenvalue weighted by molar-refractivity contribution is 0.101. The van der Waals surface area contributed by atoms with Crippen molar-refractivity contribution >= 4 is 17.5 Å². The van der Waals surface area contributed by atoms with Gasteiger partial charge in [0.2, 0.25) is 0 Å². The minimum absolute atomic E-state index is 0.00809. The van der Waals surface area contributed by atoms with Gasteiger partial charge in [-0.15, -0.1) is 10.2 Å². The highest BCUT2D eigenvalue weighted by atomic mass is 32.2. The maximum absolute atomic E-state index is 11.7. The number of carbonyl (C=O) groups excluding carboxylic acids is 1. The standard InChI is InChI=1S/C22H25N3O2S/c1-4-12-25-21(18-9-7-8-16(2)15-18)23-24-22(25)28-14-13-27-20-11-6-5-10-19(20)17(3)26/h5-11,15H,4,12-14H2,1-3H3. The van der Waals surface area contributed by atoms with Crippen LogP contribution >= 0.6 is 11.8 Å². The van der Waals surface area contributed by atoms with Crippen LogP contribution in [0.25, 0.3) is 11.4 Å². The molecule has 5 nitrogen and oxygen atoms in total. The summed E-state index contributed by atoms with van der Waals surface area (Å²) in [7, 11) is 0. The van der Waals surface area contributed by atoms with Gasteiger partial charge in [-0.2, -0.15) is 0 Å². The van der Waals surface area contributed by atoms with Gasteiger partial charge in [-0.05, 0) is 38.5 Å². The summed E-state index contributed by atoms with van der Waals surface area (Å²) in [6.07, 6.45) is 1.01. The molecule has 0 saturated carbocycles. The van der Waals surface area contributed by atoms with Crippen molar-refractivity contribution in [2.75, 3.05) is 12.4 Å². The van der Waals surface area contributed by atoms with Gasteiger partial charge in [0, 0.05) is 17.9 Å². The van der Waals surface area contributed by atoms with E-state index in [0.717, 1.165) is 35.3 Å². The first kappa shape index (κ1) is 20.1. The van der Waals surface area contributed by atoms with Crippen molar-refractivity contribution in [3.8, 4) is 17.1 Å². The van der Waals surface area contributed by atoms with Gasteiger partial charge in [-0.1, -0.05) is 54.6 Å². The van der Waals surface area contributed by atoms with E-state index in [1.165, 1.54) is 5.56 Å². The van der Waals surface area contributed by atoms with Crippen LogP contribution in [-0.4, -0.2) is 32.9 Å². The number of carbonyl (C=O) groups is 1. The minimum Gasteiger partial charge on any atom is -0.492 e. The molecule has 0 aliphatic heterocycles. The first-order chi connectivity index (χ1) is 13.6. The van der Waals surface area contributed by atoms with Gasteiger partial charge in [0.1, 0.15) is 5.75 Å². The highest BCUT2D eigenvalue weighted by molar-refractivity contribution is 7.99. The predicted octanol–water partition coefficient (Wildman–Crippen LogP) is 5.04. The molecule has 0 amide bonds. The lowest BCUT2D eigenvalue weighted by atomic mass is 10.1. The molecule has 0 unspecified atom stereocenters. The van der Waals surface area contributed by atoms with E-state index in [-0.39, 0.29) is 5.78 Å². The van der Waals surface area contributed by atoms with E-state index in [0.29, 0.717) is 17.9 Å². The second-order valence-corrected chi connectivity index (χ2v) is 7.64. The number of para-hydroxylation sites is 1. The summed E-state index contributed by atoms with van der Waals surface area (Å²) < 4.78 is 8.00. The van der Waals surface area contributed by atoms with Crippen LogP contribution in [0.4, 0.5) is 0 Å². The summed E-state index contributed by atoms with van der Waals surface area (Å²) in [6.45, 7) is 7.14. The molecule has 0 spiro atoms. The van der Waals surface area contributed by atoms with Gasteiger partial charge in [0.15, 0.2) is 16.8 Å². The molecule has 0 atom stereocenters. The molecule has 1 heterocycles. The number of ketones is 1. The molecule has 3 rings (SSSR count). The fourth-order valence-electron chi connectivity index (χ4n) is 2.99. The van der Waals surface area contributed by atoms with E-state index < -0.39 is 0 Å². The van der Waals surface area contributed by atoms with Crippen LogP contribution in [-0.2, 0) is 6.54 Å². The van der Waals surface area contributed by atoms with E-state index >= 15 is 0 Å². The number of rotatable bonds is 9. The molecule has 146 valence electrons. The highest BCUT2D eigenvalue weighted by Crippen LogP contribution is 2.25. The van der Waals surface area contributed by atoms with Crippen molar-refractivity contribution in [2.24, 2.45) is 0 Å². The van der Waals surface area contributed by atoms with E-state index in [9.17, 15) is 4.79 Å². The van der Waals surface area contributed by atoms with Crippen LogP contribution in [0.15, 0.2) is 53.7 Å². The molecule has 1 aromatic heterocycles. The SMILES string of the molecule is CCCn1c(SCCOc2ccccc2C(C)=O)nnc1-c1cccc(C)c1. The van der Waals surface area contributed by atoms with Crippen LogP contribution in [0.1, 0.15) is 36.2 Å². The largest absolute Gasteiger partial charge is 0.492 e. The summed E-state index contributed by atoms with van der Waals surface area (Å²) in [5.74, 6) is 2.26. The Kier molecular flexibility index (Phi) is 6.87. The first-order valence-corrected chi connectivity index (χ1v) is 10.4. The molecule has 0 aliphatic carbocycles. The van der Waals surface area contributed by atoms with Gasteiger partial charge in [0.25, 0.3) is 0 Å². The molecular weight excluding hydrogens is 370 g/mol. The lowest BCUT2D eigenvalue weighted by Crippen LogP contribution is -2.06. The Bertz CT molecular complexity index is 952. The minimum atomic E-state index is 0.00809. The second kappa shape index (κ2) is 9.55. The molecule has 28 heavy (non-hydrogen) atoms. The molecule has 0 radical (unpaired) electrons. The highest BCUT2D eigenvalue weighted by Gasteiger charge is 2.14. The number of aryl methyl sites for hydroxylation is 1. The topological polar surface area (TPSA) is 57.0 Å². The monoisotopic (exact) mass is 395 g/mol. The zero-order chi connectivity index (χ0) is 19.9. The average molecular weight is 396 g/mol. The van der Waals surface area contributed by atoms with E-state index in [1.807, 2.05) is 24.3 Å². The molecule has 2 aromatic carbocycles. The third-order valence-corrected chi connectivity index (χ3v) is 5.21. The fraction of sp³-hybridized carbons (Fsp3) is 0.318. The number of hydrogen-bond acceptors (Lipinski definition) is 5. The number of ether oxygens (including phenoxy) is 1.